The number of nitrogens with one attached hydrogen (secondary N) is 1. The molecule has 3 heterocycles. The molecule has 1 atom stereocenters. The number of aromatic nitrogens is 1. The van der Waals surface area contributed by atoms with E-state index < -0.39 is 5.97 Å². The van der Waals surface area contributed by atoms with Gasteiger partial charge >= 0.3 is 0 Å². The zero-order valence-corrected chi connectivity index (χ0v) is 17.7. The molecule has 0 spiro atoms. The summed E-state index contributed by atoms with van der Waals surface area (Å²) in [5.41, 5.74) is 3.49. The number of aliphatic carboxylic acids is 1. The largest absolute Gasteiger partial charge is 0.481 e. The molecule has 2 aromatic rings. The van der Waals surface area contributed by atoms with E-state index >= 15 is 0 Å². The predicted molar refractivity (Wildman–Crippen MR) is 116 cm³/mol. The summed E-state index contributed by atoms with van der Waals surface area (Å²) in [4.78, 5) is 42.0. The third-order valence-electron chi connectivity index (χ3n) is 5.33. The normalized spacial score (nSPS) is 17.1. The molecule has 164 valence electrons. The van der Waals surface area contributed by atoms with Gasteiger partial charge in [0.05, 0.1) is 18.2 Å². The number of anilines is 1. The van der Waals surface area contributed by atoms with E-state index in [1.807, 2.05) is 18.2 Å². The summed E-state index contributed by atoms with van der Waals surface area (Å²) in [5, 5.41) is 10.4. The van der Waals surface area contributed by atoms with Gasteiger partial charge in [0, 0.05) is 51.4 Å². The molecule has 1 unspecified atom stereocenters. The molecule has 2 amide bonds. The number of benzene rings is 1. The van der Waals surface area contributed by atoms with Crippen LogP contribution in [0.4, 0.5) is 5.69 Å². The Bertz CT molecular complexity index is 915. The first-order chi connectivity index (χ1) is 14.9. The van der Waals surface area contributed by atoms with E-state index in [0.717, 1.165) is 32.1 Å². The molecule has 31 heavy (non-hydrogen) atoms. The summed E-state index contributed by atoms with van der Waals surface area (Å²) in [6.45, 7) is 4.40. The van der Waals surface area contributed by atoms with Gasteiger partial charge in [-0.1, -0.05) is 24.3 Å². The lowest BCUT2D eigenvalue weighted by molar-refractivity contribution is -0.134. The number of carboxylic acid groups (broad SMARTS) is 1. The minimum absolute atomic E-state index is 0.0225. The number of hydrogen-bond acceptors (Lipinski definition) is 5. The minimum atomic E-state index is -0.833. The molecule has 2 N–H and O–H groups in total. The molecule has 1 saturated heterocycles. The molecule has 2 aliphatic heterocycles. The van der Waals surface area contributed by atoms with E-state index in [-0.39, 0.29) is 24.2 Å². The highest BCUT2D eigenvalue weighted by atomic mass is 16.4. The fraction of sp³-hybridized carbons (Fsp3) is 0.391. The first-order valence-corrected chi connectivity index (χ1v) is 10.4. The maximum Gasteiger partial charge on any atom is 0.300 e. The maximum absolute atomic E-state index is 12.5. The van der Waals surface area contributed by atoms with Gasteiger partial charge in [-0.25, -0.2) is 0 Å². The van der Waals surface area contributed by atoms with Gasteiger partial charge in [0.25, 0.3) is 5.97 Å². The number of likely N-dealkylation sites (tertiary alicyclic amines) is 1. The quantitative estimate of drug-likeness (QED) is 0.732. The Morgan fingerprint density at radius 3 is 2.65 bits per heavy atom. The van der Waals surface area contributed by atoms with Gasteiger partial charge < -0.3 is 20.2 Å². The molecular formula is C23H28N4O4. The number of rotatable bonds is 6. The summed E-state index contributed by atoms with van der Waals surface area (Å²) in [7, 11) is 0. The zero-order chi connectivity index (χ0) is 22.2. The van der Waals surface area contributed by atoms with Crippen LogP contribution in [0.5, 0.6) is 0 Å². The standard InChI is InChI=1S/C21H24N4O2.C2H4O2/c26-20-13-17(14-25(20)15-18-6-3-4-9-22-18)21(27)23-10-12-24-11-8-16-5-1-2-7-19(16)24;1-2(3)4/h1-7,9,17H,8,10-15H2,(H,23,27);1H3,(H,3,4). The van der Waals surface area contributed by atoms with Crippen LogP contribution in [0.1, 0.15) is 24.6 Å². The fourth-order valence-electron chi connectivity index (χ4n) is 3.89. The molecule has 0 radical (unpaired) electrons. The highest BCUT2D eigenvalue weighted by Crippen LogP contribution is 2.26. The van der Waals surface area contributed by atoms with Gasteiger partial charge in [-0.15, -0.1) is 0 Å². The Morgan fingerprint density at radius 2 is 1.90 bits per heavy atom. The first kappa shape index (κ1) is 22.3. The highest BCUT2D eigenvalue weighted by molar-refractivity contribution is 5.89. The maximum atomic E-state index is 12.5. The molecule has 1 aromatic carbocycles. The van der Waals surface area contributed by atoms with Crippen molar-refractivity contribution in [3.8, 4) is 0 Å². The number of pyridine rings is 1. The van der Waals surface area contributed by atoms with E-state index in [4.69, 9.17) is 9.90 Å². The lowest BCUT2D eigenvalue weighted by Crippen LogP contribution is -2.38. The lowest BCUT2D eigenvalue weighted by atomic mass is 10.1. The van der Waals surface area contributed by atoms with Crippen molar-refractivity contribution in [2.75, 3.05) is 31.1 Å². The number of carbonyl (C=O) groups excluding carboxylic acids is 2. The Kier molecular flexibility index (Phi) is 7.59. The second kappa shape index (κ2) is 10.6. The Balaban J connectivity index is 0.000000628. The van der Waals surface area contributed by atoms with Gasteiger partial charge in [-0.05, 0) is 30.2 Å². The van der Waals surface area contributed by atoms with Crippen molar-refractivity contribution in [1.29, 1.82) is 0 Å². The Morgan fingerprint density at radius 1 is 1.16 bits per heavy atom. The van der Waals surface area contributed by atoms with Gasteiger partial charge in [0.2, 0.25) is 11.8 Å². The Hall–Kier alpha value is -3.42. The monoisotopic (exact) mass is 424 g/mol. The third-order valence-corrected chi connectivity index (χ3v) is 5.33. The number of carboxylic acids is 1. The summed E-state index contributed by atoms with van der Waals surface area (Å²) in [6, 6.07) is 14.1. The summed E-state index contributed by atoms with van der Waals surface area (Å²) in [5.74, 6) is -1.11. The van der Waals surface area contributed by atoms with E-state index in [9.17, 15) is 9.59 Å². The minimum Gasteiger partial charge on any atom is -0.481 e. The average molecular weight is 425 g/mol. The molecule has 8 nitrogen and oxygen atoms in total. The smallest absolute Gasteiger partial charge is 0.300 e. The summed E-state index contributed by atoms with van der Waals surface area (Å²) >= 11 is 0. The SMILES string of the molecule is CC(=O)O.O=C(NCCN1CCc2ccccc21)C1CC(=O)N(Cc2ccccn2)C1. The summed E-state index contributed by atoms with van der Waals surface area (Å²) in [6.07, 6.45) is 3.06. The predicted octanol–water partition coefficient (Wildman–Crippen LogP) is 1.70. The molecule has 4 rings (SSSR count). The molecule has 0 saturated carbocycles. The van der Waals surface area contributed by atoms with Crippen molar-refractivity contribution in [3.05, 3.63) is 59.9 Å². The van der Waals surface area contributed by atoms with Crippen LogP contribution in [0.25, 0.3) is 0 Å². The van der Waals surface area contributed by atoms with Crippen molar-refractivity contribution in [2.45, 2.75) is 26.3 Å². The fourth-order valence-corrected chi connectivity index (χ4v) is 3.89. The second-order valence-corrected chi connectivity index (χ2v) is 7.67. The molecule has 8 heteroatoms. The first-order valence-electron chi connectivity index (χ1n) is 10.4. The van der Waals surface area contributed by atoms with Gasteiger partial charge in [0.1, 0.15) is 0 Å². The zero-order valence-electron chi connectivity index (χ0n) is 17.7. The van der Waals surface area contributed by atoms with Crippen LogP contribution < -0.4 is 10.2 Å². The molecule has 1 aromatic heterocycles. The lowest BCUT2D eigenvalue weighted by Gasteiger charge is -2.20. The number of nitrogens with zero attached hydrogens (tertiary/aromatic N) is 3. The average Bonchev–Trinajstić information content (AvgIpc) is 3.32. The number of para-hydroxylation sites is 1. The molecule has 0 aliphatic carbocycles. The van der Waals surface area contributed by atoms with E-state index in [1.165, 1.54) is 11.3 Å². The third kappa shape index (κ3) is 6.28. The topological polar surface area (TPSA) is 103 Å². The summed E-state index contributed by atoms with van der Waals surface area (Å²) < 4.78 is 0. The van der Waals surface area contributed by atoms with Gasteiger partial charge in [-0.2, -0.15) is 0 Å². The van der Waals surface area contributed by atoms with Crippen molar-refractivity contribution < 1.29 is 19.5 Å². The molecular weight excluding hydrogens is 396 g/mol. The van der Waals surface area contributed by atoms with Crippen LogP contribution in [-0.2, 0) is 27.3 Å². The molecule has 0 bridgehead atoms. The van der Waals surface area contributed by atoms with Crippen LogP contribution in [0, 0.1) is 5.92 Å². The van der Waals surface area contributed by atoms with E-state index in [1.54, 1.807) is 11.1 Å². The van der Waals surface area contributed by atoms with Crippen molar-refractivity contribution >= 4 is 23.5 Å². The number of carbonyl (C=O) groups is 3. The van der Waals surface area contributed by atoms with Gasteiger partial charge in [0.15, 0.2) is 0 Å². The van der Waals surface area contributed by atoms with Crippen LogP contribution >= 0.6 is 0 Å². The Labute approximate surface area is 181 Å². The highest BCUT2D eigenvalue weighted by Gasteiger charge is 2.34. The molecule has 2 aliphatic rings. The van der Waals surface area contributed by atoms with E-state index in [0.29, 0.717) is 19.6 Å². The van der Waals surface area contributed by atoms with Crippen molar-refractivity contribution in [2.24, 2.45) is 5.92 Å². The van der Waals surface area contributed by atoms with E-state index in [2.05, 4.69) is 39.5 Å². The van der Waals surface area contributed by atoms with Crippen LogP contribution in [-0.4, -0.2) is 59.0 Å². The van der Waals surface area contributed by atoms with Crippen LogP contribution in [0.2, 0.25) is 0 Å². The van der Waals surface area contributed by atoms with Crippen molar-refractivity contribution in [3.63, 3.8) is 0 Å². The van der Waals surface area contributed by atoms with Crippen LogP contribution in [0.3, 0.4) is 0 Å². The number of amides is 2. The number of fused-ring (bicyclic) bond motifs is 1. The van der Waals surface area contributed by atoms with Gasteiger partial charge in [-0.3, -0.25) is 19.4 Å². The van der Waals surface area contributed by atoms with Crippen molar-refractivity contribution in [1.82, 2.24) is 15.2 Å². The molecule has 1 fully saturated rings. The second-order valence-electron chi connectivity index (χ2n) is 7.67. The van der Waals surface area contributed by atoms with Crippen LogP contribution in [0.15, 0.2) is 48.7 Å². The number of hydrogen-bond donors (Lipinski definition) is 2.